The average Bonchev–Trinajstić information content (AvgIpc) is 2.38. The molecule has 1 aromatic heterocycles. The Bertz CT molecular complexity index is 572. The third-order valence-corrected chi connectivity index (χ3v) is 2.69. The Kier molecular flexibility index (Phi) is 3.89. The van der Waals surface area contributed by atoms with Gasteiger partial charge in [0.05, 0.1) is 0 Å². The molecule has 0 radical (unpaired) electrons. The van der Waals surface area contributed by atoms with Crippen LogP contribution in [-0.2, 0) is 6.42 Å². The number of carbonyl (C=O) groups excluding carboxylic acids is 1. The molecule has 1 aromatic carbocycles. The van der Waals surface area contributed by atoms with Crippen LogP contribution in [0.5, 0.6) is 0 Å². The van der Waals surface area contributed by atoms with Crippen molar-refractivity contribution in [3.05, 3.63) is 52.9 Å². The van der Waals surface area contributed by atoms with Crippen LogP contribution in [0.4, 0.5) is 5.82 Å². The Morgan fingerprint density at radius 3 is 2.83 bits per heavy atom. The van der Waals surface area contributed by atoms with E-state index < -0.39 is 0 Å². The Morgan fingerprint density at radius 2 is 2.11 bits per heavy atom. The summed E-state index contributed by atoms with van der Waals surface area (Å²) in [6.07, 6.45) is 2.30. The molecule has 4 nitrogen and oxygen atoms in total. The molecule has 92 valence electrons. The van der Waals surface area contributed by atoms with E-state index in [0.29, 0.717) is 11.4 Å². The summed E-state index contributed by atoms with van der Waals surface area (Å²) in [7, 11) is 0. The first kappa shape index (κ1) is 12.5. The van der Waals surface area contributed by atoms with E-state index in [1.807, 2.05) is 25.1 Å². The van der Waals surface area contributed by atoms with E-state index in [2.05, 4.69) is 15.3 Å². The highest BCUT2D eigenvalue weighted by molar-refractivity contribution is 6.28. The molecule has 2 aromatic rings. The Morgan fingerprint density at radius 1 is 1.33 bits per heavy atom. The fourth-order valence-electron chi connectivity index (χ4n) is 1.64. The molecule has 1 heterocycles. The lowest BCUT2D eigenvalue weighted by Gasteiger charge is -2.08. The molecule has 0 unspecified atom stereocenters. The van der Waals surface area contributed by atoms with Crippen molar-refractivity contribution in [2.45, 2.75) is 13.3 Å². The predicted octanol–water partition coefficient (Wildman–Crippen LogP) is 2.94. The number of rotatable bonds is 3. The van der Waals surface area contributed by atoms with Gasteiger partial charge in [0.1, 0.15) is 5.82 Å². The lowest BCUT2D eigenvalue weighted by atomic mass is 10.0. The molecule has 0 spiro atoms. The Balaban J connectivity index is 2.22. The van der Waals surface area contributed by atoms with Gasteiger partial charge in [0.15, 0.2) is 0 Å². The Labute approximate surface area is 110 Å². The molecule has 0 aliphatic heterocycles. The zero-order chi connectivity index (χ0) is 13.0. The van der Waals surface area contributed by atoms with E-state index in [4.69, 9.17) is 11.6 Å². The van der Waals surface area contributed by atoms with Gasteiger partial charge in [-0.1, -0.05) is 25.1 Å². The van der Waals surface area contributed by atoms with Crippen LogP contribution in [0.15, 0.2) is 36.5 Å². The second-order valence-corrected chi connectivity index (χ2v) is 4.01. The van der Waals surface area contributed by atoms with Gasteiger partial charge in [-0.2, -0.15) is 0 Å². The summed E-state index contributed by atoms with van der Waals surface area (Å²) in [4.78, 5) is 19.8. The first-order valence-corrected chi connectivity index (χ1v) is 5.96. The minimum Gasteiger partial charge on any atom is -0.306 e. The fraction of sp³-hybridized carbons (Fsp3) is 0.154. The van der Waals surface area contributed by atoms with Crippen LogP contribution in [0.2, 0.25) is 5.28 Å². The maximum atomic E-state index is 12.1. The van der Waals surface area contributed by atoms with Gasteiger partial charge in [0.2, 0.25) is 5.28 Å². The van der Waals surface area contributed by atoms with Gasteiger partial charge in [-0.3, -0.25) is 4.79 Å². The normalized spacial score (nSPS) is 10.1. The van der Waals surface area contributed by atoms with Crippen molar-refractivity contribution in [1.29, 1.82) is 0 Å². The molecule has 1 amide bonds. The number of hydrogen-bond acceptors (Lipinski definition) is 3. The van der Waals surface area contributed by atoms with Gasteiger partial charge < -0.3 is 5.32 Å². The number of aryl methyl sites for hydroxylation is 1. The Hall–Kier alpha value is -1.94. The molecule has 0 fully saturated rings. The number of anilines is 1. The van der Waals surface area contributed by atoms with E-state index in [1.54, 1.807) is 12.1 Å². The van der Waals surface area contributed by atoms with E-state index >= 15 is 0 Å². The van der Waals surface area contributed by atoms with Gasteiger partial charge >= 0.3 is 0 Å². The van der Waals surface area contributed by atoms with Gasteiger partial charge in [0.25, 0.3) is 5.91 Å². The number of amides is 1. The van der Waals surface area contributed by atoms with Gasteiger partial charge in [-0.25, -0.2) is 9.97 Å². The second-order valence-electron chi connectivity index (χ2n) is 3.68. The van der Waals surface area contributed by atoms with Crippen molar-refractivity contribution in [2.75, 3.05) is 5.32 Å². The zero-order valence-corrected chi connectivity index (χ0v) is 10.6. The first-order valence-electron chi connectivity index (χ1n) is 5.58. The molecule has 0 aliphatic rings. The van der Waals surface area contributed by atoms with Crippen molar-refractivity contribution >= 4 is 23.3 Å². The highest BCUT2D eigenvalue weighted by Crippen LogP contribution is 2.12. The summed E-state index contributed by atoms with van der Waals surface area (Å²) >= 11 is 5.66. The van der Waals surface area contributed by atoms with Crippen molar-refractivity contribution in [1.82, 2.24) is 9.97 Å². The summed E-state index contributed by atoms with van der Waals surface area (Å²) in [5, 5.41) is 2.81. The van der Waals surface area contributed by atoms with Crippen LogP contribution in [-0.4, -0.2) is 15.9 Å². The molecular weight excluding hydrogens is 250 g/mol. The molecule has 0 atom stereocenters. The molecule has 0 saturated carbocycles. The predicted molar refractivity (Wildman–Crippen MR) is 70.8 cm³/mol. The molecule has 5 heteroatoms. The second kappa shape index (κ2) is 5.60. The van der Waals surface area contributed by atoms with Crippen molar-refractivity contribution in [2.24, 2.45) is 0 Å². The summed E-state index contributed by atoms with van der Waals surface area (Å²) < 4.78 is 0. The molecular formula is C13H12ClN3O. The molecule has 0 bridgehead atoms. The van der Waals surface area contributed by atoms with Crippen molar-refractivity contribution in [3.8, 4) is 0 Å². The fourth-order valence-corrected chi connectivity index (χ4v) is 1.79. The minimum absolute atomic E-state index is 0.108. The summed E-state index contributed by atoms with van der Waals surface area (Å²) in [5.74, 6) is 0.202. The van der Waals surface area contributed by atoms with Crippen LogP contribution < -0.4 is 5.32 Å². The number of benzene rings is 1. The summed E-state index contributed by atoms with van der Waals surface area (Å²) in [6.45, 7) is 2.01. The van der Waals surface area contributed by atoms with Crippen molar-refractivity contribution in [3.63, 3.8) is 0 Å². The van der Waals surface area contributed by atoms with Gasteiger partial charge in [-0.15, -0.1) is 0 Å². The standard InChI is InChI=1S/C13H12ClN3O/c1-2-9-5-3-4-6-10(9)12(18)16-11-7-8-15-13(14)17-11/h3-8H,2H2,1H3,(H,15,16,17,18). The third-order valence-electron chi connectivity index (χ3n) is 2.51. The van der Waals surface area contributed by atoms with E-state index in [1.165, 1.54) is 6.20 Å². The molecule has 18 heavy (non-hydrogen) atoms. The van der Waals surface area contributed by atoms with Crippen LogP contribution in [0.25, 0.3) is 0 Å². The SMILES string of the molecule is CCc1ccccc1C(=O)Nc1ccnc(Cl)n1. The highest BCUT2D eigenvalue weighted by atomic mass is 35.5. The molecule has 1 N–H and O–H groups in total. The summed E-state index contributed by atoms with van der Waals surface area (Å²) in [5.41, 5.74) is 1.64. The zero-order valence-electron chi connectivity index (χ0n) is 9.85. The lowest BCUT2D eigenvalue weighted by Crippen LogP contribution is -2.15. The number of aromatic nitrogens is 2. The van der Waals surface area contributed by atoms with E-state index in [9.17, 15) is 4.79 Å². The maximum Gasteiger partial charge on any atom is 0.257 e. The monoisotopic (exact) mass is 261 g/mol. The van der Waals surface area contributed by atoms with E-state index in [-0.39, 0.29) is 11.2 Å². The van der Waals surface area contributed by atoms with Crippen LogP contribution >= 0.6 is 11.6 Å². The number of halogens is 1. The number of nitrogens with zero attached hydrogens (tertiary/aromatic N) is 2. The van der Waals surface area contributed by atoms with Crippen LogP contribution in [0.1, 0.15) is 22.8 Å². The highest BCUT2D eigenvalue weighted by Gasteiger charge is 2.10. The lowest BCUT2D eigenvalue weighted by molar-refractivity contribution is 0.102. The molecule has 0 saturated heterocycles. The van der Waals surface area contributed by atoms with Gasteiger partial charge in [-0.05, 0) is 35.7 Å². The number of hydrogen-bond donors (Lipinski definition) is 1. The average molecular weight is 262 g/mol. The van der Waals surface area contributed by atoms with Crippen LogP contribution in [0, 0.1) is 0 Å². The number of nitrogens with one attached hydrogen (secondary N) is 1. The van der Waals surface area contributed by atoms with Crippen molar-refractivity contribution < 1.29 is 4.79 Å². The smallest absolute Gasteiger partial charge is 0.257 e. The number of carbonyl (C=O) groups is 1. The first-order chi connectivity index (χ1) is 8.70. The quantitative estimate of drug-likeness (QED) is 0.865. The van der Waals surface area contributed by atoms with Crippen LogP contribution in [0.3, 0.4) is 0 Å². The molecule has 0 aliphatic carbocycles. The largest absolute Gasteiger partial charge is 0.306 e. The van der Waals surface area contributed by atoms with E-state index in [0.717, 1.165) is 12.0 Å². The molecule has 2 rings (SSSR count). The topological polar surface area (TPSA) is 54.9 Å². The maximum absolute atomic E-state index is 12.1. The third kappa shape index (κ3) is 2.84. The minimum atomic E-state index is -0.192. The van der Waals surface area contributed by atoms with Gasteiger partial charge in [0, 0.05) is 11.8 Å². The summed E-state index contributed by atoms with van der Waals surface area (Å²) in [6, 6.07) is 9.06.